The first-order chi connectivity index (χ1) is 13.1. The molecular formula is C18H18Cl2N4O2S. The molecule has 0 radical (unpaired) electrons. The maximum atomic E-state index is 6.43. The van der Waals surface area contributed by atoms with Gasteiger partial charge in [0.1, 0.15) is 12.9 Å². The Balaban J connectivity index is 1.76. The van der Waals surface area contributed by atoms with Crippen LogP contribution in [0.4, 0.5) is 0 Å². The standard InChI is InChI=1S/C18H18Cl2N4O2S/c1-2-25-16-7-13(9-22-24-11-21-23-18(24)27)15(20)8-17(16)26-10-12-4-3-5-14(19)6-12/h3-8,11,22H,2,9-10H2,1H3,(H,23,27). The summed E-state index contributed by atoms with van der Waals surface area (Å²) in [5.74, 6) is 1.20. The maximum absolute atomic E-state index is 6.43. The zero-order valence-corrected chi connectivity index (χ0v) is 16.9. The fourth-order valence-electron chi connectivity index (χ4n) is 2.41. The summed E-state index contributed by atoms with van der Waals surface area (Å²) >= 11 is 17.6. The maximum Gasteiger partial charge on any atom is 0.214 e. The topological polar surface area (TPSA) is 64.1 Å². The Hall–Kier alpha value is -2.22. The van der Waals surface area contributed by atoms with Gasteiger partial charge in [-0.25, -0.2) is 4.68 Å². The van der Waals surface area contributed by atoms with Crippen LogP contribution in [-0.4, -0.2) is 21.5 Å². The van der Waals surface area contributed by atoms with Crippen molar-refractivity contribution in [2.45, 2.75) is 20.1 Å². The van der Waals surface area contributed by atoms with E-state index >= 15 is 0 Å². The van der Waals surface area contributed by atoms with Gasteiger partial charge in [-0.3, -0.25) is 5.10 Å². The Kier molecular flexibility index (Phi) is 6.60. The predicted octanol–water partition coefficient (Wildman–Crippen LogP) is 4.97. The molecule has 0 saturated carbocycles. The van der Waals surface area contributed by atoms with E-state index in [-0.39, 0.29) is 0 Å². The lowest BCUT2D eigenvalue weighted by molar-refractivity contribution is 0.269. The molecule has 2 aromatic carbocycles. The van der Waals surface area contributed by atoms with Crippen molar-refractivity contribution in [2.75, 3.05) is 12.0 Å². The minimum Gasteiger partial charge on any atom is -0.490 e. The summed E-state index contributed by atoms with van der Waals surface area (Å²) in [6.45, 7) is 3.23. The van der Waals surface area contributed by atoms with E-state index in [1.165, 1.54) is 0 Å². The van der Waals surface area contributed by atoms with Crippen molar-refractivity contribution >= 4 is 35.4 Å². The second-order valence-corrected chi connectivity index (χ2v) is 6.84. The van der Waals surface area contributed by atoms with Crippen LogP contribution in [-0.2, 0) is 13.2 Å². The molecule has 0 saturated heterocycles. The van der Waals surface area contributed by atoms with E-state index in [1.54, 1.807) is 17.1 Å². The fraction of sp³-hybridized carbons (Fsp3) is 0.222. The van der Waals surface area contributed by atoms with Gasteiger partial charge in [-0.2, -0.15) is 5.10 Å². The predicted molar refractivity (Wildman–Crippen MR) is 109 cm³/mol. The lowest BCUT2D eigenvalue weighted by atomic mass is 10.2. The highest BCUT2D eigenvalue weighted by Gasteiger charge is 2.12. The van der Waals surface area contributed by atoms with Crippen LogP contribution in [0.15, 0.2) is 42.7 Å². The Bertz CT molecular complexity index is 974. The van der Waals surface area contributed by atoms with Gasteiger partial charge >= 0.3 is 0 Å². The molecule has 1 heterocycles. The molecule has 27 heavy (non-hydrogen) atoms. The average molecular weight is 425 g/mol. The first kappa shape index (κ1) is 19.5. The monoisotopic (exact) mass is 424 g/mol. The van der Waals surface area contributed by atoms with Crippen molar-refractivity contribution < 1.29 is 9.47 Å². The molecule has 3 rings (SSSR count). The normalized spacial score (nSPS) is 10.6. The van der Waals surface area contributed by atoms with E-state index in [0.29, 0.717) is 46.1 Å². The number of hydrogen-bond acceptors (Lipinski definition) is 5. The van der Waals surface area contributed by atoms with Crippen LogP contribution in [0.25, 0.3) is 0 Å². The van der Waals surface area contributed by atoms with Gasteiger partial charge in [0, 0.05) is 16.1 Å². The fourth-order valence-corrected chi connectivity index (χ4v) is 3.01. The van der Waals surface area contributed by atoms with Gasteiger partial charge in [0.15, 0.2) is 11.5 Å². The van der Waals surface area contributed by atoms with E-state index in [1.807, 2.05) is 37.3 Å². The number of ether oxygens (including phenoxy) is 2. The van der Waals surface area contributed by atoms with Crippen molar-refractivity contribution in [1.82, 2.24) is 14.9 Å². The number of aromatic amines is 1. The highest BCUT2D eigenvalue weighted by molar-refractivity contribution is 7.71. The number of nitrogens with one attached hydrogen (secondary N) is 2. The highest BCUT2D eigenvalue weighted by Crippen LogP contribution is 2.34. The van der Waals surface area contributed by atoms with Gasteiger partial charge in [-0.15, -0.1) is 0 Å². The third kappa shape index (κ3) is 5.15. The molecule has 0 amide bonds. The zero-order chi connectivity index (χ0) is 19.2. The van der Waals surface area contributed by atoms with Gasteiger partial charge in [0.25, 0.3) is 0 Å². The van der Waals surface area contributed by atoms with Gasteiger partial charge in [0.2, 0.25) is 4.77 Å². The van der Waals surface area contributed by atoms with Crippen LogP contribution in [0.3, 0.4) is 0 Å². The van der Waals surface area contributed by atoms with Crippen molar-refractivity contribution in [3.05, 3.63) is 68.7 Å². The molecule has 9 heteroatoms. The van der Waals surface area contributed by atoms with E-state index in [4.69, 9.17) is 44.9 Å². The second-order valence-electron chi connectivity index (χ2n) is 5.61. The summed E-state index contributed by atoms with van der Waals surface area (Å²) < 4.78 is 13.7. The summed E-state index contributed by atoms with van der Waals surface area (Å²) in [5, 5.41) is 7.76. The first-order valence-electron chi connectivity index (χ1n) is 8.25. The molecule has 0 aliphatic rings. The van der Waals surface area contributed by atoms with E-state index < -0.39 is 0 Å². The van der Waals surface area contributed by atoms with Crippen molar-refractivity contribution in [3.63, 3.8) is 0 Å². The van der Waals surface area contributed by atoms with Crippen LogP contribution in [0.2, 0.25) is 10.0 Å². The summed E-state index contributed by atoms with van der Waals surface area (Å²) in [6, 6.07) is 11.1. The van der Waals surface area contributed by atoms with Gasteiger partial charge < -0.3 is 14.9 Å². The van der Waals surface area contributed by atoms with Crippen LogP contribution >= 0.6 is 35.4 Å². The molecule has 0 fully saturated rings. The average Bonchev–Trinajstić information content (AvgIpc) is 3.05. The minimum atomic E-state index is 0.360. The quantitative estimate of drug-likeness (QED) is 0.499. The number of aromatic nitrogens is 3. The van der Waals surface area contributed by atoms with Crippen LogP contribution in [0.1, 0.15) is 18.1 Å². The molecule has 1 aromatic heterocycles. The number of halogens is 2. The molecule has 2 N–H and O–H groups in total. The number of nitrogens with zero attached hydrogens (tertiary/aromatic N) is 2. The second kappa shape index (κ2) is 9.12. The Morgan fingerprint density at radius 2 is 2.00 bits per heavy atom. The largest absolute Gasteiger partial charge is 0.490 e. The molecular weight excluding hydrogens is 407 g/mol. The van der Waals surface area contributed by atoms with Crippen molar-refractivity contribution in [3.8, 4) is 11.5 Å². The first-order valence-corrected chi connectivity index (χ1v) is 9.41. The molecule has 0 atom stereocenters. The van der Waals surface area contributed by atoms with Crippen molar-refractivity contribution in [2.24, 2.45) is 0 Å². The number of benzene rings is 2. The molecule has 0 spiro atoms. The Morgan fingerprint density at radius 3 is 2.70 bits per heavy atom. The van der Waals surface area contributed by atoms with Crippen LogP contribution < -0.4 is 14.9 Å². The van der Waals surface area contributed by atoms with E-state index in [2.05, 4.69) is 15.6 Å². The molecule has 3 aromatic rings. The molecule has 0 aliphatic heterocycles. The lowest BCUT2D eigenvalue weighted by Crippen LogP contribution is -2.14. The van der Waals surface area contributed by atoms with Crippen LogP contribution in [0.5, 0.6) is 11.5 Å². The summed E-state index contributed by atoms with van der Waals surface area (Å²) in [6.07, 6.45) is 1.56. The van der Waals surface area contributed by atoms with Crippen LogP contribution in [0, 0.1) is 4.77 Å². The van der Waals surface area contributed by atoms with Gasteiger partial charge in [0.05, 0.1) is 13.2 Å². The van der Waals surface area contributed by atoms with E-state index in [9.17, 15) is 0 Å². The van der Waals surface area contributed by atoms with Gasteiger partial charge in [-0.1, -0.05) is 35.3 Å². The summed E-state index contributed by atoms with van der Waals surface area (Å²) in [7, 11) is 0. The SMILES string of the molecule is CCOc1cc(CNn2cn[nH]c2=S)c(Cl)cc1OCc1cccc(Cl)c1. The van der Waals surface area contributed by atoms with Gasteiger partial charge in [-0.05, 0) is 48.5 Å². The molecule has 0 unspecified atom stereocenters. The minimum absolute atomic E-state index is 0.360. The third-order valence-electron chi connectivity index (χ3n) is 3.69. The number of H-pyrrole nitrogens is 1. The zero-order valence-electron chi connectivity index (χ0n) is 14.5. The molecule has 6 nitrogen and oxygen atoms in total. The third-order valence-corrected chi connectivity index (χ3v) is 4.56. The molecule has 142 valence electrons. The lowest BCUT2D eigenvalue weighted by Gasteiger charge is -2.16. The number of hydrogen-bond donors (Lipinski definition) is 2. The highest BCUT2D eigenvalue weighted by atomic mass is 35.5. The molecule has 0 bridgehead atoms. The van der Waals surface area contributed by atoms with E-state index in [0.717, 1.165) is 11.1 Å². The Morgan fingerprint density at radius 1 is 1.19 bits per heavy atom. The number of rotatable bonds is 8. The Labute approximate surface area is 172 Å². The van der Waals surface area contributed by atoms with Crippen molar-refractivity contribution in [1.29, 1.82) is 0 Å². The smallest absolute Gasteiger partial charge is 0.214 e. The summed E-state index contributed by atoms with van der Waals surface area (Å²) in [5.41, 5.74) is 4.93. The molecule has 0 aliphatic carbocycles. The summed E-state index contributed by atoms with van der Waals surface area (Å²) in [4.78, 5) is 0.